The van der Waals surface area contributed by atoms with Gasteiger partial charge in [0.2, 0.25) is 0 Å². The van der Waals surface area contributed by atoms with Gasteiger partial charge in [-0.3, -0.25) is 0 Å². The fraction of sp³-hybridized carbons (Fsp3) is 0.455. The van der Waals surface area contributed by atoms with E-state index >= 15 is 0 Å². The second kappa shape index (κ2) is 4.15. The Hall–Kier alpha value is -0.780. The number of benzene rings is 1. The van der Waals surface area contributed by atoms with E-state index in [0.29, 0.717) is 17.7 Å². The van der Waals surface area contributed by atoms with Crippen LogP contribution in [0.15, 0.2) is 29.2 Å². The van der Waals surface area contributed by atoms with Crippen LogP contribution in [0, 0.1) is 0 Å². The smallest absolute Gasteiger partial charge is 0.0936 e. The fourth-order valence-corrected chi connectivity index (χ4v) is 1.76. The molecule has 1 aromatic rings. The Balaban J connectivity index is 0.00000121. The zero-order valence-electron chi connectivity index (χ0n) is 10.2. The van der Waals surface area contributed by atoms with Crippen LogP contribution in [0.5, 0.6) is 0 Å². The zero-order chi connectivity index (χ0) is 14.0. The molecule has 0 N–H and O–H groups in total. The zero-order valence-corrected chi connectivity index (χ0v) is 11.0. The Labute approximate surface area is 98.6 Å². The normalized spacial score (nSPS) is 15.6. The van der Waals surface area contributed by atoms with Gasteiger partial charge in [-0.2, -0.15) is 0 Å². The van der Waals surface area contributed by atoms with Crippen LogP contribution in [0.3, 0.4) is 0 Å². The molecule has 0 aliphatic rings. The van der Waals surface area contributed by atoms with E-state index in [1.807, 2.05) is 13.8 Å². The SMILES string of the molecule is CC.CC(C)c1ccc(S(F)(F)(F)(F)F)cc1. The summed E-state index contributed by atoms with van der Waals surface area (Å²) in [6.45, 7) is 7.55. The number of halogens is 5. The van der Waals surface area contributed by atoms with E-state index in [4.69, 9.17) is 0 Å². The van der Waals surface area contributed by atoms with Gasteiger partial charge < -0.3 is 0 Å². The second-order valence-electron chi connectivity index (χ2n) is 3.69. The molecule has 0 saturated carbocycles. The Kier molecular flexibility index (Phi) is 3.96. The first-order valence-corrected chi connectivity index (χ1v) is 7.19. The second-order valence-corrected chi connectivity index (χ2v) is 6.10. The molecule has 6 heteroatoms. The lowest BCUT2D eigenvalue weighted by Gasteiger charge is -2.40. The first kappa shape index (κ1) is 16.2. The lowest BCUT2D eigenvalue weighted by atomic mass is 10.0. The number of hydrogen-bond acceptors (Lipinski definition) is 0. The van der Waals surface area contributed by atoms with Crippen molar-refractivity contribution < 1.29 is 19.4 Å². The Morgan fingerprint density at radius 2 is 1.18 bits per heavy atom. The van der Waals surface area contributed by atoms with Gasteiger partial charge in [-0.25, -0.2) is 0 Å². The van der Waals surface area contributed by atoms with Crippen LogP contribution in [-0.2, 0) is 0 Å². The molecule has 0 nitrogen and oxygen atoms in total. The molecule has 0 bridgehead atoms. The summed E-state index contributed by atoms with van der Waals surface area (Å²) in [4.78, 5) is -1.83. The minimum absolute atomic E-state index is 0.0116. The minimum Gasteiger partial charge on any atom is -0.0936 e. The Morgan fingerprint density at radius 1 is 0.824 bits per heavy atom. The summed E-state index contributed by atoms with van der Waals surface area (Å²) in [5, 5.41) is 0. The van der Waals surface area contributed by atoms with Crippen molar-refractivity contribution in [1.29, 1.82) is 0 Å². The average Bonchev–Trinajstić information content (AvgIpc) is 2.18. The van der Waals surface area contributed by atoms with Gasteiger partial charge in [0.15, 0.2) is 0 Å². The van der Waals surface area contributed by atoms with Crippen molar-refractivity contribution in [2.75, 3.05) is 0 Å². The maximum atomic E-state index is 12.3. The van der Waals surface area contributed by atoms with Crippen molar-refractivity contribution in [1.82, 2.24) is 0 Å². The predicted octanol–water partition coefficient (Wildman–Crippen LogP) is 6.49. The van der Waals surface area contributed by atoms with Crippen LogP contribution in [0.1, 0.15) is 39.2 Å². The summed E-state index contributed by atoms with van der Waals surface area (Å²) in [5.74, 6) is 0.0116. The summed E-state index contributed by atoms with van der Waals surface area (Å²) >= 11 is 0. The highest BCUT2D eigenvalue weighted by Gasteiger charge is 2.65. The molecule has 0 aliphatic heterocycles. The Morgan fingerprint density at radius 3 is 1.41 bits per heavy atom. The Bertz CT molecular complexity index is 362. The molecule has 17 heavy (non-hydrogen) atoms. The molecular formula is C11H17F5S. The number of rotatable bonds is 2. The van der Waals surface area contributed by atoms with Crippen molar-refractivity contribution >= 4 is 10.2 Å². The quantitative estimate of drug-likeness (QED) is 0.541. The third kappa shape index (κ3) is 4.93. The molecule has 0 radical (unpaired) electrons. The van der Waals surface area contributed by atoms with Crippen molar-refractivity contribution in [3.05, 3.63) is 29.8 Å². The highest BCUT2D eigenvalue weighted by Crippen LogP contribution is 3.02. The van der Waals surface area contributed by atoms with Gasteiger partial charge in [0.1, 0.15) is 4.90 Å². The highest BCUT2D eigenvalue weighted by atomic mass is 32.5. The monoisotopic (exact) mass is 276 g/mol. The van der Waals surface area contributed by atoms with Gasteiger partial charge in [-0.1, -0.05) is 59.3 Å². The molecule has 0 aliphatic carbocycles. The van der Waals surface area contributed by atoms with E-state index in [9.17, 15) is 19.4 Å². The van der Waals surface area contributed by atoms with E-state index in [0.717, 1.165) is 12.1 Å². The molecule has 0 saturated heterocycles. The summed E-state index contributed by atoms with van der Waals surface area (Å²) in [6, 6.07) is 3.05. The maximum absolute atomic E-state index is 12.3. The van der Waals surface area contributed by atoms with Crippen molar-refractivity contribution in [3.8, 4) is 0 Å². The van der Waals surface area contributed by atoms with Crippen LogP contribution >= 0.6 is 10.2 Å². The molecule has 0 fully saturated rings. The number of hydrogen-bond donors (Lipinski definition) is 0. The van der Waals surface area contributed by atoms with Crippen LogP contribution in [0.4, 0.5) is 19.4 Å². The third-order valence-corrected chi connectivity index (χ3v) is 3.16. The maximum Gasteiger partial charge on any atom is 0.310 e. The summed E-state index contributed by atoms with van der Waals surface area (Å²) in [6.07, 6.45) is 0. The summed E-state index contributed by atoms with van der Waals surface area (Å²) in [7, 11) is -9.49. The van der Waals surface area contributed by atoms with Crippen LogP contribution < -0.4 is 0 Å². The van der Waals surface area contributed by atoms with Gasteiger partial charge in [0.05, 0.1) is 0 Å². The van der Waals surface area contributed by atoms with Gasteiger partial charge in [-0.15, -0.1) is 0 Å². The summed E-state index contributed by atoms with van der Waals surface area (Å²) < 4.78 is 61.4. The van der Waals surface area contributed by atoms with Crippen molar-refractivity contribution in [3.63, 3.8) is 0 Å². The van der Waals surface area contributed by atoms with Gasteiger partial charge in [0.25, 0.3) is 0 Å². The summed E-state index contributed by atoms with van der Waals surface area (Å²) in [5.41, 5.74) is 0.598. The standard InChI is InChI=1S/C9H11F5S.C2H6/c1-7(2)8-3-5-9(6-4-8)15(10,11,12,13)14;1-2/h3-7H,1-2H3;1-2H3. The molecule has 0 unspecified atom stereocenters. The fourth-order valence-electron chi connectivity index (χ4n) is 1.11. The lowest BCUT2D eigenvalue weighted by Crippen LogP contribution is -2.05. The van der Waals surface area contributed by atoms with Crippen LogP contribution in [-0.4, -0.2) is 0 Å². The van der Waals surface area contributed by atoms with Gasteiger partial charge in [0, 0.05) is 0 Å². The first-order valence-electron chi connectivity index (χ1n) is 5.24. The molecule has 102 valence electrons. The molecule has 1 rings (SSSR count). The predicted molar refractivity (Wildman–Crippen MR) is 63.3 cm³/mol. The minimum atomic E-state index is -9.49. The van der Waals surface area contributed by atoms with Crippen LogP contribution in [0.25, 0.3) is 0 Å². The van der Waals surface area contributed by atoms with E-state index < -0.39 is 15.1 Å². The first-order chi connectivity index (χ1) is 7.40. The van der Waals surface area contributed by atoms with Crippen molar-refractivity contribution in [2.45, 2.75) is 38.5 Å². The van der Waals surface area contributed by atoms with E-state index in [2.05, 4.69) is 0 Å². The highest BCUT2D eigenvalue weighted by molar-refractivity contribution is 8.45. The average molecular weight is 276 g/mol. The van der Waals surface area contributed by atoms with E-state index in [1.54, 1.807) is 13.8 Å². The van der Waals surface area contributed by atoms with Gasteiger partial charge >= 0.3 is 10.2 Å². The molecule has 0 heterocycles. The molecule has 0 amide bonds. The lowest BCUT2D eigenvalue weighted by molar-refractivity contribution is 0.364. The molecule has 0 spiro atoms. The largest absolute Gasteiger partial charge is 0.310 e. The molecule has 0 atom stereocenters. The molecule has 1 aromatic carbocycles. The van der Waals surface area contributed by atoms with Gasteiger partial charge in [-0.05, 0) is 23.6 Å². The van der Waals surface area contributed by atoms with Crippen LogP contribution in [0.2, 0.25) is 0 Å². The van der Waals surface area contributed by atoms with E-state index in [1.165, 1.54) is 0 Å². The van der Waals surface area contributed by atoms with Crippen molar-refractivity contribution in [2.24, 2.45) is 0 Å². The molecule has 0 aromatic heterocycles. The topological polar surface area (TPSA) is 0 Å². The third-order valence-electron chi connectivity index (χ3n) is 1.99. The molecular weight excluding hydrogens is 259 g/mol. The van der Waals surface area contributed by atoms with E-state index in [-0.39, 0.29) is 5.92 Å².